The summed E-state index contributed by atoms with van der Waals surface area (Å²) < 4.78 is 0. The molecule has 0 atom stereocenters. The summed E-state index contributed by atoms with van der Waals surface area (Å²) in [7, 11) is 0. The van der Waals surface area contributed by atoms with Crippen LogP contribution in [0.1, 0.15) is 0 Å². The summed E-state index contributed by atoms with van der Waals surface area (Å²) in [6, 6.07) is 9.41. The van der Waals surface area contributed by atoms with Crippen molar-refractivity contribution in [3.63, 3.8) is 0 Å². The Morgan fingerprint density at radius 2 is 1.88 bits per heavy atom. The molecule has 5 heteroatoms. The second kappa shape index (κ2) is 4.07. The van der Waals surface area contributed by atoms with Gasteiger partial charge in [0, 0.05) is 16.9 Å². The first-order valence-electron chi connectivity index (χ1n) is 5.13. The van der Waals surface area contributed by atoms with Crippen LogP contribution >= 0.6 is 11.6 Å². The third-order valence-electron chi connectivity index (χ3n) is 2.46. The molecule has 2 aromatic heterocycles. The maximum absolute atomic E-state index is 5.83. The number of hydrogen-bond acceptors (Lipinski definition) is 3. The Hall–Kier alpha value is -2.07. The van der Waals surface area contributed by atoms with Gasteiger partial charge in [0.25, 0.3) is 0 Å². The summed E-state index contributed by atoms with van der Waals surface area (Å²) in [4.78, 5) is 11.4. The average Bonchev–Trinajstić information content (AvgIpc) is 2.81. The first kappa shape index (κ1) is 10.1. The minimum Gasteiger partial charge on any atom is -0.346 e. The number of nitrogens with one attached hydrogen (secondary N) is 2. The molecule has 0 aliphatic heterocycles. The number of hydrogen-bond donors (Lipinski definition) is 2. The Balaban J connectivity index is 1.99. The maximum Gasteiger partial charge on any atom is 0.143 e. The number of anilines is 2. The quantitative estimate of drug-likeness (QED) is 0.727. The smallest absolute Gasteiger partial charge is 0.143 e. The van der Waals surface area contributed by atoms with E-state index in [2.05, 4.69) is 20.3 Å². The number of aromatic amines is 1. The highest BCUT2D eigenvalue weighted by molar-refractivity contribution is 6.30. The predicted octanol–water partition coefficient (Wildman–Crippen LogP) is 3.35. The summed E-state index contributed by atoms with van der Waals surface area (Å²) in [5.41, 5.74) is 1.76. The van der Waals surface area contributed by atoms with E-state index in [0.29, 0.717) is 5.02 Å². The van der Waals surface area contributed by atoms with Crippen molar-refractivity contribution in [3.05, 3.63) is 47.9 Å². The number of H-pyrrole nitrogens is 1. The van der Waals surface area contributed by atoms with Crippen molar-refractivity contribution >= 4 is 34.1 Å². The number of rotatable bonds is 2. The van der Waals surface area contributed by atoms with Gasteiger partial charge in [-0.05, 0) is 30.3 Å². The Labute approximate surface area is 103 Å². The highest BCUT2D eigenvalue weighted by atomic mass is 35.5. The summed E-state index contributed by atoms with van der Waals surface area (Å²) in [5.74, 6) is 0.776. The summed E-state index contributed by atoms with van der Waals surface area (Å²) >= 11 is 5.83. The third kappa shape index (κ3) is 1.94. The van der Waals surface area contributed by atoms with E-state index < -0.39 is 0 Å². The topological polar surface area (TPSA) is 53.6 Å². The van der Waals surface area contributed by atoms with Crippen molar-refractivity contribution < 1.29 is 0 Å². The van der Waals surface area contributed by atoms with E-state index in [1.807, 2.05) is 36.5 Å². The van der Waals surface area contributed by atoms with Crippen molar-refractivity contribution in [3.8, 4) is 0 Å². The number of nitrogens with zero attached hydrogens (tertiary/aromatic N) is 2. The lowest BCUT2D eigenvalue weighted by Crippen LogP contribution is -1.94. The molecule has 0 aliphatic carbocycles. The largest absolute Gasteiger partial charge is 0.346 e. The van der Waals surface area contributed by atoms with Gasteiger partial charge >= 0.3 is 0 Å². The van der Waals surface area contributed by atoms with Crippen LogP contribution in [-0.2, 0) is 0 Å². The molecule has 0 bridgehead atoms. The normalized spacial score (nSPS) is 10.6. The van der Waals surface area contributed by atoms with Crippen LogP contribution in [0.25, 0.3) is 11.0 Å². The molecule has 0 saturated heterocycles. The molecule has 0 aliphatic rings. The van der Waals surface area contributed by atoms with Gasteiger partial charge < -0.3 is 10.3 Å². The minimum atomic E-state index is 0.713. The van der Waals surface area contributed by atoms with Gasteiger partial charge in [0.05, 0.1) is 5.39 Å². The molecular formula is C12H9ClN4. The molecule has 2 N–H and O–H groups in total. The van der Waals surface area contributed by atoms with E-state index >= 15 is 0 Å². The van der Waals surface area contributed by atoms with Crippen molar-refractivity contribution in [1.82, 2.24) is 15.0 Å². The van der Waals surface area contributed by atoms with Gasteiger partial charge in [-0.25, -0.2) is 9.97 Å². The number of fused-ring (bicyclic) bond motifs is 1. The zero-order chi connectivity index (χ0) is 11.7. The van der Waals surface area contributed by atoms with E-state index in [0.717, 1.165) is 22.5 Å². The van der Waals surface area contributed by atoms with Crippen LogP contribution < -0.4 is 5.32 Å². The zero-order valence-electron chi connectivity index (χ0n) is 8.81. The number of aromatic nitrogens is 3. The molecule has 0 spiro atoms. The van der Waals surface area contributed by atoms with E-state index in [4.69, 9.17) is 11.6 Å². The lowest BCUT2D eigenvalue weighted by atomic mass is 10.3. The van der Waals surface area contributed by atoms with Gasteiger partial charge in [-0.15, -0.1) is 0 Å². The van der Waals surface area contributed by atoms with E-state index in [9.17, 15) is 0 Å². The van der Waals surface area contributed by atoms with E-state index in [1.54, 1.807) is 0 Å². The molecular weight excluding hydrogens is 236 g/mol. The molecule has 0 unspecified atom stereocenters. The molecule has 17 heavy (non-hydrogen) atoms. The van der Waals surface area contributed by atoms with Crippen LogP contribution in [-0.4, -0.2) is 15.0 Å². The van der Waals surface area contributed by atoms with Crippen molar-refractivity contribution in [2.75, 3.05) is 5.32 Å². The Morgan fingerprint density at radius 1 is 1.06 bits per heavy atom. The van der Waals surface area contributed by atoms with E-state index in [1.165, 1.54) is 6.33 Å². The molecule has 0 fully saturated rings. The Bertz CT molecular complexity index is 645. The van der Waals surface area contributed by atoms with Crippen molar-refractivity contribution in [1.29, 1.82) is 0 Å². The lowest BCUT2D eigenvalue weighted by Gasteiger charge is -2.05. The lowest BCUT2D eigenvalue weighted by molar-refractivity contribution is 1.20. The first-order valence-corrected chi connectivity index (χ1v) is 5.51. The van der Waals surface area contributed by atoms with Crippen LogP contribution in [0.4, 0.5) is 11.5 Å². The van der Waals surface area contributed by atoms with Crippen LogP contribution in [0.3, 0.4) is 0 Å². The summed E-state index contributed by atoms with van der Waals surface area (Å²) in [6.07, 6.45) is 3.36. The van der Waals surface area contributed by atoms with Gasteiger partial charge in [-0.3, -0.25) is 0 Å². The number of benzene rings is 1. The van der Waals surface area contributed by atoms with Crippen LogP contribution in [0.5, 0.6) is 0 Å². The minimum absolute atomic E-state index is 0.713. The highest BCUT2D eigenvalue weighted by Gasteiger charge is 2.04. The summed E-state index contributed by atoms with van der Waals surface area (Å²) in [6.45, 7) is 0. The van der Waals surface area contributed by atoms with Gasteiger partial charge in [0.2, 0.25) is 0 Å². The molecule has 3 rings (SSSR count). The van der Waals surface area contributed by atoms with Crippen molar-refractivity contribution in [2.24, 2.45) is 0 Å². The molecule has 2 heterocycles. The van der Waals surface area contributed by atoms with Gasteiger partial charge in [0.15, 0.2) is 0 Å². The van der Waals surface area contributed by atoms with E-state index in [-0.39, 0.29) is 0 Å². The maximum atomic E-state index is 5.83. The number of halogens is 1. The molecule has 0 amide bonds. The fourth-order valence-corrected chi connectivity index (χ4v) is 1.77. The molecule has 0 radical (unpaired) electrons. The first-order chi connectivity index (χ1) is 8.33. The van der Waals surface area contributed by atoms with Crippen molar-refractivity contribution in [2.45, 2.75) is 0 Å². The second-order valence-corrected chi connectivity index (χ2v) is 4.03. The molecule has 4 nitrogen and oxygen atoms in total. The fourth-order valence-electron chi connectivity index (χ4n) is 1.64. The third-order valence-corrected chi connectivity index (χ3v) is 2.71. The van der Waals surface area contributed by atoms with Gasteiger partial charge in [0.1, 0.15) is 17.8 Å². The fraction of sp³-hybridized carbons (Fsp3) is 0. The van der Waals surface area contributed by atoms with Crippen LogP contribution in [0.15, 0.2) is 42.9 Å². The van der Waals surface area contributed by atoms with Crippen LogP contribution in [0.2, 0.25) is 5.02 Å². The SMILES string of the molecule is Clc1ccc(Nc2ncnc3[nH]ccc23)cc1. The predicted molar refractivity (Wildman–Crippen MR) is 68.6 cm³/mol. The summed E-state index contributed by atoms with van der Waals surface area (Å²) in [5, 5.41) is 4.90. The van der Waals surface area contributed by atoms with Gasteiger partial charge in [-0.1, -0.05) is 11.6 Å². The molecule has 84 valence electrons. The average molecular weight is 245 g/mol. The monoisotopic (exact) mass is 244 g/mol. The Morgan fingerprint density at radius 3 is 2.71 bits per heavy atom. The Kier molecular flexibility index (Phi) is 2.42. The van der Waals surface area contributed by atoms with Crippen LogP contribution in [0, 0.1) is 0 Å². The van der Waals surface area contributed by atoms with Gasteiger partial charge in [-0.2, -0.15) is 0 Å². The standard InChI is InChI=1S/C12H9ClN4/c13-8-1-3-9(4-2-8)17-12-10-5-6-14-11(10)15-7-16-12/h1-7H,(H2,14,15,16,17). The highest BCUT2D eigenvalue weighted by Crippen LogP contribution is 2.22. The molecule has 1 aromatic carbocycles. The second-order valence-electron chi connectivity index (χ2n) is 3.59. The molecule has 3 aromatic rings. The molecule has 0 saturated carbocycles. The zero-order valence-corrected chi connectivity index (χ0v) is 9.57.